The summed E-state index contributed by atoms with van der Waals surface area (Å²) in [5.41, 5.74) is 1.15. The molecule has 0 N–H and O–H groups in total. The molecule has 0 aliphatic carbocycles. The van der Waals surface area contributed by atoms with E-state index in [9.17, 15) is 4.79 Å². The van der Waals surface area contributed by atoms with Gasteiger partial charge in [0.2, 0.25) is 0 Å². The highest BCUT2D eigenvalue weighted by Crippen LogP contribution is 2.12. The Bertz CT molecular complexity index is 343. The van der Waals surface area contributed by atoms with E-state index in [1.54, 1.807) is 0 Å². The molecule has 0 saturated carbocycles. The Morgan fingerprint density at radius 1 is 1.25 bits per heavy atom. The van der Waals surface area contributed by atoms with Gasteiger partial charge in [0.25, 0.3) is 0 Å². The fraction of sp³-hybridized carbons (Fsp3) is 0.308. The minimum absolute atomic E-state index is 0.262. The molecule has 0 radical (unpaired) electrons. The van der Waals surface area contributed by atoms with Crippen LogP contribution in [0.5, 0.6) is 0 Å². The van der Waals surface area contributed by atoms with Crippen LogP contribution in [0.15, 0.2) is 36.9 Å². The second-order valence-corrected chi connectivity index (χ2v) is 3.18. The minimum Gasteiger partial charge on any atom is -0.460 e. The van der Waals surface area contributed by atoms with Crippen LogP contribution >= 0.6 is 0 Å². The Morgan fingerprint density at radius 3 is 2.56 bits per heavy atom. The third-order valence-corrected chi connectivity index (χ3v) is 2.03. The second kappa shape index (κ2) is 6.80. The largest absolute Gasteiger partial charge is 0.460 e. The van der Waals surface area contributed by atoms with Gasteiger partial charge in [0.15, 0.2) is 0 Å². The van der Waals surface area contributed by atoms with Crippen molar-refractivity contribution in [2.75, 3.05) is 19.8 Å². The van der Waals surface area contributed by atoms with Crippen molar-refractivity contribution < 1.29 is 14.3 Å². The number of ether oxygens (including phenoxy) is 2. The standard InChI is InChI=1S/C13H16O3/c1-3-15-9-10-16-13(14)11(2)12-7-5-4-6-8-12/h4-8H,2-3,9-10H2,1H3. The van der Waals surface area contributed by atoms with Gasteiger partial charge in [0.1, 0.15) is 6.61 Å². The predicted octanol–water partition coefficient (Wildman–Crippen LogP) is 2.28. The highest BCUT2D eigenvalue weighted by molar-refractivity contribution is 6.15. The Balaban J connectivity index is 2.40. The molecule has 86 valence electrons. The van der Waals surface area contributed by atoms with Crippen molar-refractivity contribution in [3.63, 3.8) is 0 Å². The Labute approximate surface area is 95.7 Å². The van der Waals surface area contributed by atoms with Gasteiger partial charge in [-0.3, -0.25) is 0 Å². The third-order valence-electron chi connectivity index (χ3n) is 2.03. The summed E-state index contributed by atoms with van der Waals surface area (Å²) in [5, 5.41) is 0. The van der Waals surface area contributed by atoms with Gasteiger partial charge in [-0.15, -0.1) is 0 Å². The molecule has 0 aliphatic rings. The first-order valence-corrected chi connectivity index (χ1v) is 5.25. The minimum atomic E-state index is -0.397. The predicted molar refractivity (Wildman–Crippen MR) is 62.9 cm³/mol. The average Bonchev–Trinajstić information content (AvgIpc) is 2.34. The van der Waals surface area contributed by atoms with Crippen molar-refractivity contribution in [3.8, 4) is 0 Å². The van der Waals surface area contributed by atoms with E-state index in [1.807, 2.05) is 37.3 Å². The van der Waals surface area contributed by atoms with E-state index < -0.39 is 5.97 Å². The molecule has 1 aromatic rings. The summed E-state index contributed by atoms with van der Waals surface area (Å²) >= 11 is 0. The number of esters is 1. The molecule has 1 rings (SSSR count). The molecule has 0 unspecified atom stereocenters. The molecule has 0 atom stereocenters. The van der Waals surface area contributed by atoms with Crippen LogP contribution in [0.2, 0.25) is 0 Å². The van der Waals surface area contributed by atoms with Gasteiger partial charge in [0.05, 0.1) is 12.2 Å². The summed E-state index contributed by atoms with van der Waals surface area (Å²) in [6.45, 7) is 6.91. The van der Waals surface area contributed by atoms with Gasteiger partial charge in [-0.25, -0.2) is 4.79 Å². The molecule has 3 heteroatoms. The molecule has 0 spiro atoms. The van der Waals surface area contributed by atoms with Crippen LogP contribution in [-0.4, -0.2) is 25.8 Å². The molecular weight excluding hydrogens is 204 g/mol. The number of carbonyl (C=O) groups excluding carboxylic acids is 1. The van der Waals surface area contributed by atoms with Gasteiger partial charge in [0, 0.05) is 6.61 Å². The number of rotatable bonds is 6. The summed E-state index contributed by atoms with van der Waals surface area (Å²) in [4.78, 5) is 11.5. The molecule has 0 heterocycles. The van der Waals surface area contributed by atoms with Crippen molar-refractivity contribution in [1.82, 2.24) is 0 Å². The van der Waals surface area contributed by atoms with Gasteiger partial charge in [-0.2, -0.15) is 0 Å². The highest BCUT2D eigenvalue weighted by atomic mass is 16.6. The molecule has 0 aliphatic heterocycles. The van der Waals surface area contributed by atoms with Crippen LogP contribution in [0.1, 0.15) is 12.5 Å². The maximum atomic E-state index is 11.5. The van der Waals surface area contributed by atoms with E-state index in [4.69, 9.17) is 9.47 Å². The summed E-state index contributed by atoms with van der Waals surface area (Å²) < 4.78 is 10.1. The first kappa shape index (κ1) is 12.5. The Hall–Kier alpha value is -1.61. The van der Waals surface area contributed by atoms with Crippen molar-refractivity contribution in [2.24, 2.45) is 0 Å². The maximum absolute atomic E-state index is 11.5. The molecule has 16 heavy (non-hydrogen) atoms. The molecule has 0 aromatic heterocycles. The highest BCUT2D eigenvalue weighted by Gasteiger charge is 2.09. The third kappa shape index (κ3) is 3.87. The smallest absolute Gasteiger partial charge is 0.338 e. The zero-order valence-electron chi connectivity index (χ0n) is 9.44. The SMILES string of the molecule is C=C(C(=O)OCCOCC)c1ccccc1. The molecule has 3 nitrogen and oxygen atoms in total. The Morgan fingerprint density at radius 2 is 1.94 bits per heavy atom. The Kier molecular flexibility index (Phi) is 5.29. The van der Waals surface area contributed by atoms with E-state index in [0.717, 1.165) is 5.56 Å². The molecule has 0 bridgehead atoms. The zero-order chi connectivity index (χ0) is 11.8. The van der Waals surface area contributed by atoms with Crippen molar-refractivity contribution in [2.45, 2.75) is 6.92 Å². The molecule has 0 saturated heterocycles. The average molecular weight is 220 g/mol. The van der Waals surface area contributed by atoms with Crippen molar-refractivity contribution in [1.29, 1.82) is 0 Å². The molecule has 0 fully saturated rings. The van der Waals surface area contributed by atoms with Crippen LogP contribution in [0, 0.1) is 0 Å². The lowest BCUT2D eigenvalue weighted by Gasteiger charge is -2.07. The molecule has 1 aromatic carbocycles. The van der Waals surface area contributed by atoms with Gasteiger partial charge in [-0.05, 0) is 12.5 Å². The van der Waals surface area contributed by atoms with E-state index in [-0.39, 0.29) is 6.61 Å². The monoisotopic (exact) mass is 220 g/mol. The molecule has 0 amide bonds. The van der Waals surface area contributed by atoms with Crippen LogP contribution < -0.4 is 0 Å². The summed E-state index contributed by atoms with van der Waals surface area (Å²) in [6, 6.07) is 9.25. The van der Waals surface area contributed by atoms with Crippen molar-refractivity contribution in [3.05, 3.63) is 42.5 Å². The van der Waals surface area contributed by atoms with Crippen LogP contribution in [0.3, 0.4) is 0 Å². The number of carbonyl (C=O) groups is 1. The fourth-order valence-corrected chi connectivity index (χ4v) is 1.18. The first-order chi connectivity index (χ1) is 7.75. The van der Waals surface area contributed by atoms with Crippen LogP contribution in [0.25, 0.3) is 5.57 Å². The summed E-state index contributed by atoms with van der Waals surface area (Å²) in [5.74, 6) is -0.397. The van der Waals surface area contributed by atoms with Crippen molar-refractivity contribution >= 4 is 11.5 Å². The normalized spacial score (nSPS) is 9.81. The van der Waals surface area contributed by atoms with E-state index in [0.29, 0.717) is 18.8 Å². The lowest BCUT2D eigenvalue weighted by atomic mass is 10.1. The molecular formula is C13H16O3. The van der Waals surface area contributed by atoms with E-state index in [1.165, 1.54) is 0 Å². The lowest BCUT2D eigenvalue weighted by molar-refractivity contribution is -0.138. The fourth-order valence-electron chi connectivity index (χ4n) is 1.18. The lowest BCUT2D eigenvalue weighted by Crippen LogP contribution is -2.11. The van der Waals surface area contributed by atoms with Crippen LogP contribution in [0.4, 0.5) is 0 Å². The van der Waals surface area contributed by atoms with E-state index in [2.05, 4.69) is 6.58 Å². The quantitative estimate of drug-likeness (QED) is 0.419. The number of hydrogen-bond donors (Lipinski definition) is 0. The first-order valence-electron chi connectivity index (χ1n) is 5.25. The van der Waals surface area contributed by atoms with Gasteiger partial charge in [-0.1, -0.05) is 36.9 Å². The van der Waals surface area contributed by atoms with E-state index >= 15 is 0 Å². The number of benzene rings is 1. The maximum Gasteiger partial charge on any atom is 0.338 e. The van der Waals surface area contributed by atoms with Gasteiger partial charge >= 0.3 is 5.97 Å². The van der Waals surface area contributed by atoms with Gasteiger partial charge < -0.3 is 9.47 Å². The van der Waals surface area contributed by atoms with Crippen LogP contribution in [-0.2, 0) is 14.3 Å². The summed E-state index contributed by atoms with van der Waals surface area (Å²) in [7, 11) is 0. The zero-order valence-corrected chi connectivity index (χ0v) is 9.44. The summed E-state index contributed by atoms with van der Waals surface area (Å²) in [6.07, 6.45) is 0. The topological polar surface area (TPSA) is 35.5 Å². The second-order valence-electron chi connectivity index (χ2n) is 3.18. The number of hydrogen-bond acceptors (Lipinski definition) is 3.